The Morgan fingerprint density at radius 1 is 1.05 bits per heavy atom. The minimum absolute atomic E-state index is 0.0120. The molecule has 1 aliphatic rings. The van der Waals surface area contributed by atoms with Gasteiger partial charge in [0.05, 0.1) is 20.2 Å². The van der Waals surface area contributed by atoms with Gasteiger partial charge >= 0.3 is 0 Å². The van der Waals surface area contributed by atoms with Crippen LogP contribution in [0.25, 0.3) is 0 Å². The average molecular weight is 575 g/mol. The first-order valence-electron chi connectivity index (χ1n) is 13.3. The molecule has 0 bridgehead atoms. The molecule has 3 aromatic rings. The monoisotopic (exact) mass is 574 g/mol. The van der Waals surface area contributed by atoms with Gasteiger partial charge in [-0.15, -0.1) is 0 Å². The molecule has 0 radical (unpaired) electrons. The van der Waals surface area contributed by atoms with Gasteiger partial charge in [-0.2, -0.15) is 0 Å². The molecule has 10 nitrogen and oxygen atoms in total. The molecule has 1 fully saturated rings. The Hall–Kier alpha value is -3.74. The molecule has 222 valence electrons. The number of methoxy groups -OCH3 is 2. The Labute approximate surface area is 238 Å². The lowest BCUT2D eigenvalue weighted by Crippen LogP contribution is -2.52. The van der Waals surface area contributed by atoms with Crippen LogP contribution in [0.4, 0.5) is 8.78 Å². The number of hydrogen-bond acceptors (Lipinski definition) is 8. The van der Waals surface area contributed by atoms with Crippen molar-refractivity contribution in [3.8, 4) is 17.2 Å². The van der Waals surface area contributed by atoms with Gasteiger partial charge in [-0.25, -0.2) is 13.8 Å². The molecule has 2 heterocycles. The smallest absolute Gasteiger partial charge is 0.248 e. The van der Waals surface area contributed by atoms with Crippen LogP contribution in [-0.2, 0) is 22.6 Å². The Morgan fingerprint density at radius 3 is 2.59 bits per heavy atom. The van der Waals surface area contributed by atoms with Crippen molar-refractivity contribution in [2.45, 2.75) is 25.6 Å². The number of carbonyl (C=O) groups excluding carboxylic acids is 1. The Kier molecular flexibility index (Phi) is 10.1. The maximum atomic E-state index is 13.7. The second-order valence-electron chi connectivity index (χ2n) is 10.0. The van der Waals surface area contributed by atoms with Crippen LogP contribution in [0.15, 0.2) is 48.8 Å². The zero-order valence-electron chi connectivity index (χ0n) is 23.5. The molecule has 1 saturated heterocycles. The van der Waals surface area contributed by atoms with Crippen molar-refractivity contribution in [2.75, 3.05) is 60.2 Å². The van der Waals surface area contributed by atoms with Crippen molar-refractivity contribution in [3.63, 3.8) is 0 Å². The Bertz CT molecular complexity index is 1320. The normalized spacial score (nSPS) is 17.8. The van der Waals surface area contributed by atoms with Crippen LogP contribution < -0.4 is 14.2 Å². The van der Waals surface area contributed by atoms with Crippen LogP contribution in [0.2, 0.25) is 0 Å². The number of aryl methyl sites for hydroxylation is 1. The maximum absolute atomic E-state index is 13.7. The number of aliphatic hydroxyl groups is 1. The third-order valence-corrected chi connectivity index (χ3v) is 6.86. The highest BCUT2D eigenvalue weighted by Crippen LogP contribution is 2.29. The number of carbonyl (C=O) groups is 1. The van der Waals surface area contributed by atoms with E-state index in [0.29, 0.717) is 44.3 Å². The summed E-state index contributed by atoms with van der Waals surface area (Å²) in [5, 5.41) is 11.6. The highest BCUT2D eigenvalue weighted by Gasteiger charge is 2.37. The van der Waals surface area contributed by atoms with Gasteiger partial charge in [-0.05, 0) is 36.8 Å². The van der Waals surface area contributed by atoms with E-state index in [2.05, 4.69) is 4.98 Å². The van der Waals surface area contributed by atoms with Gasteiger partial charge in [-0.3, -0.25) is 9.69 Å². The maximum Gasteiger partial charge on any atom is 0.248 e. The molecule has 1 amide bonds. The second-order valence-corrected chi connectivity index (χ2v) is 10.0. The number of aromatic nitrogens is 2. The van der Waals surface area contributed by atoms with Crippen LogP contribution in [0.5, 0.6) is 17.2 Å². The average Bonchev–Trinajstić information content (AvgIpc) is 3.28. The van der Waals surface area contributed by atoms with E-state index in [1.165, 1.54) is 18.1 Å². The number of rotatable bonds is 12. The van der Waals surface area contributed by atoms with Crippen LogP contribution >= 0.6 is 0 Å². The summed E-state index contributed by atoms with van der Waals surface area (Å²) in [7, 11) is 3.01. The zero-order valence-corrected chi connectivity index (χ0v) is 23.5. The lowest BCUT2D eigenvalue weighted by atomic mass is 10.0. The van der Waals surface area contributed by atoms with Gasteiger partial charge < -0.3 is 33.5 Å². The number of benzene rings is 2. The van der Waals surface area contributed by atoms with E-state index in [0.717, 1.165) is 23.5 Å². The fourth-order valence-electron chi connectivity index (χ4n) is 4.76. The first-order chi connectivity index (χ1) is 19.7. The lowest BCUT2D eigenvalue weighted by molar-refractivity contribution is -0.138. The predicted molar refractivity (Wildman–Crippen MR) is 146 cm³/mol. The molecule has 0 saturated carbocycles. The minimum Gasteiger partial charge on any atom is -0.493 e. The van der Waals surface area contributed by atoms with E-state index in [-0.39, 0.29) is 38.0 Å². The van der Waals surface area contributed by atoms with Gasteiger partial charge in [0.25, 0.3) is 0 Å². The zero-order chi connectivity index (χ0) is 29.4. The van der Waals surface area contributed by atoms with Crippen molar-refractivity contribution in [1.82, 2.24) is 19.4 Å². The van der Waals surface area contributed by atoms with Gasteiger partial charge in [0, 0.05) is 51.7 Å². The van der Waals surface area contributed by atoms with E-state index in [1.54, 1.807) is 13.3 Å². The van der Waals surface area contributed by atoms with E-state index >= 15 is 0 Å². The van der Waals surface area contributed by atoms with Crippen molar-refractivity contribution in [2.24, 2.45) is 0 Å². The molecular weight excluding hydrogens is 538 g/mol. The van der Waals surface area contributed by atoms with Crippen LogP contribution in [0.1, 0.15) is 11.4 Å². The summed E-state index contributed by atoms with van der Waals surface area (Å²) in [6.07, 6.45) is 3.64. The van der Waals surface area contributed by atoms with Crippen molar-refractivity contribution in [1.29, 1.82) is 0 Å². The van der Waals surface area contributed by atoms with Gasteiger partial charge in [-0.1, -0.05) is 6.07 Å². The topological polar surface area (TPSA) is 98.5 Å². The predicted octanol–water partition coefficient (Wildman–Crippen LogP) is 2.66. The number of imidazole rings is 1. The molecular formula is C29H36F2N4O6. The van der Waals surface area contributed by atoms with E-state index in [1.807, 2.05) is 40.8 Å². The van der Waals surface area contributed by atoms with Crippen LogP contribution in [-0.4, -0.2) is 96.2 Å². The minimum atomic E-state index is -1.50. The number of nitrogens with zero attached hydrogens (tertiary/aromatic N) is 4. The molecule has 1 aromatic heterocycles. The summed E-state index contributed by atoms with van der Waals surface area (Å²) in [4.78, 5) is 20.4. The van der Waals surface area contributed by atoms with Crippen LogP contribution in [0.3, 0.4) is 0 Å². The third kappa shape index (κ3) is 8.15. The standard InChI is InChI=1S/C29H36F2N4O6/c1-21-32-8-9-34(21)12-13-40-26-7-4-22(14-27(26)39-3)16-33-10-11-35(28(36)17-38-2)19-29(37,18-33)20-41-23-5-6-24(30)25(31)15-23/h4-9,14-15,37H,10-13,16-20H2,1-3H3/t29-/m1/s1. The number of amides is 1. The highest BCUT2D eigenvalue weighted by atomic mass is 19.2. The number of β-amino-alcohol motifs (C(OH)–C–C–N with tert-alkyl or cyclic N) is 1. The van der Waals surface area contributed by atoms with E-state index in [9.17, 15) is 18.7 Å². The molecule has 1 aliphatic heterocycles. The Morgan fingerprint density at radius 2 is 1.88 bits per heavy atom. The number of halogens is 2. The van der Waals surface area contributed by atoms with E-state index < -0.39 is 17.2 Å². The molecule has 41 heavy (non-hydrogen) atoms. The van der Waals surface area contributed by atoms with Crippen LogP contribution in [0, 0.1) is 18.6 Å². The van der Waals surface area contributed by atoms with Crippen molar-refractivity contribution >= 4 is 5.91 Å². The summed E-state index contributed by atoms with van der Waals surface area (Å²) < 4.78 is 51.2. The SMILES string of the molecule is COCC(=O)N1CCN(Cc2ccc(OCCn3ccnc3C)c(OC)c2)C[C@](O)(COc2ccc(F)c(F)c2)C1. The van der Waals surface area contributed by atoms with Gasteiger partial charge in [0.15, 0.2) is 23.1 Å². The summed E-state index contributed by atoms with van der Waals surface area (Å²) in [6, 6.07) is 8.83. The third-order valence-electron chi connectivity index (χ3n) is 6.86. The second kappa shape index (κ2) is 13.7. The van der Waals surface area contributed by atoms with Gasteiger partial charge in [0.2, 0.25) is 5.91 Å². The molecule has 2 aromatic carbocycles. The molecule has 4 rings (SSSR count). The van der Waals surface area contributed by atoms with Gasteiger partial charge in [0.1, 0.15) is 37.0 Å². The summed E-state index contributed by atoms with van der Waals surface area (Å²) >= 11 is 0. The van der Waals surface area contributed by atoms with Crippen molar-refractivity contribution < 1.29 is 37.6 Å². The highest BCUT2D eigenvalue weighted by molar-refractivity contribution is 5.77. The first-order valence-corrected chi connectivity index (χ1v) is 13.3. The molecule has 1 atom stereocenters. The molecule has 0 spiro atoms. The Balaban J connectivity index is 1.45. The molecule has 0 aliphatic carbocycles. The fraction of sp³-hybridized carbons (Fsp3) is 0.448. The number of ether oxygens (including phenoxy) is 4. The summed E-state index contributed by atoms with van der Waals surface area (Å²) in [6.45, 7) is 4.10. The van der Waals surface area contributed by atoms with E-state index in [4.69, 9.17) is 18.9 Å². The summed E-state index contributed by atoms with van der Waals surface area (Å²) in [5.74, 6) is -0.140. The largest absolute Gasteiger partial charge is 0.493 e. The van der Waals surface area contributed by atoms with Crippen molar-refractivity contribution in [3.05, 3.63) is 71.8 Å². The molecule has 12 heteroatoms. The fourth-order valence-corrected chi connectivity index (χ4v) is 4.76. The first kappa shape index (κ1) is 30.2. The quantitative estimate of drug-likeness (QED) is 0.353. The summed E-state index contributed by atoms with van der Waals surface area (Å²) in [5.41, 5.74) is -0.580. The molecule has 1 N–H and O–H groups in total. The number of hydrogen-bond donors (Lipinski definition) is 1. The molecule has 0 unspecified atom stereocenters. The lowest BCUT2D eigenvalue weighted by Gasteiger charge is -2.33.